The first-order chi connectivity index (χ1) is 35.4. The van der Waals surface area contributed by atoms with Crippen LogP contribution in [-0.4, -0.2) is 156 Å². The van der Waals surface area contributed by atoms with E-state index in [1.54, 1.807) is 54.8 Å². The Morgan fingerprint density at radius 1 is 0.880 bits per heavy atom. The summed E-state index contributed by atoms with van der Waals surface area (Å²) < 4.78 is 51.7. The number of pyridine rings is 1. The summed E-state index contributed by atoms with van der Waals surface area (Å²) in [5, 5.41) is 35.6. The van der Waals surface area contributed by atoms with Gasteiger partial charge in [0.05, 0.1) is 72.0 Å². The van der Waals surface area contributed by atoms with Crippen LogP contribution in [0.3, 0.4) is 0 Å². The number of esters is 1. The molecule has 5 heterocycles. The number of carbonyl (C=O) groups excluding carboxylic acids is 2. The first-order valence-electron chi connectivity index (χ1n) is 27.6. The van der Waals surface area contributed by atoms with Gasteiger partial charge in [0.1, 0.15) is 29.3 Å². The maximum atomic E-state index is 14.5. The largest absolute Gasteiger partial charge is 0.492 e. The van der Waals surface area contributed by atoms with Crippen LogP contribution in [0, 0.1) is 23.7 Å². The zero-order valence-electron chi connectivity index (χ0n) is 47.2. The van der Waals surface area contributed by atoms with E-state index in [0.717, 1.165) is 49.0 Å². The van der Waals surface area contributed by atoms with Crippen molar-refractivity contribution in [2.75, 3.05) is 45.9 Å². The molecule has 16 heteroatoms. The average molecular weight is 1050 g/mol. The number of methoxy groups -OCH3 is 2. The summed E-state index contributed by atoms with van der Waals surface area (Å²) >= 11 is 0. The number of rotatable bonds is 15. The Bertz CT molecular complexity index is 2390. The molecule has 1 aromatic heterocycles. The Labute approximate surface area is 446 Å². The number of cyclic esters (lactones) is 1. The minimum atomic E-state index is -1.97. The molecule has 75 heavy (non-hydrogen) atoms. The van der Waals surface area contributed by atoms with Crippen molar-refractivity contribution in [1.82, 2.24) is 9.88 Å². The molecule has 3 fully saturated rings. The molecule has 0 spiro atoms. The van der Waals surface area contributed by atoms with Crippen molar-refractivity contribution < 1.29 is 62.8 Å². The predicted octanol–water partition coefficient (Wildman–Crippen LogP) is 7.98. The van der Waals surface area contributed by atoms with Crippen LogP contribution in [0.1, 0.15) is 132 Å². The Kier molecular flexibility index (Phi) is 19.2. The normalized spacial score (nSPS) is 37.8. The number of benzene rings is 2. The number of hydrogen-bond donors (Lipinski definition) is 3. The number of aliphatic hydroxyl groups is 3. The Balaban J connectivity index is 1.08. The summed E-state index contributed by atoms with van der Waals surface area (Å²) in [5.41, 5.74) is 0.674. The van der Waals surface area contributed by atoms with Crippen LogP contribution in [0.25, 0.3) is 10.9 Å². The molecular weight excluding hydrogens is 959 g/mol. The van der Waals surface area contributed by atoms with E-state index in [9.17, 15) is 24.9 Å². The number of aromatic nitrogens is 1. The third kappa shape index (κ3) is 12.9. The molecule has 4 aliphatic heterocycles. The zero-order chi connectivity index (χ0) is 54.7. The van der Waals surface area contributed by atoms with Crippen molar-refractivity contribution in [2.45, 2.75) is 205 Å². The Morgan fingerprint density at radius 2 is 1.60 bits per heavy atom. The van der Waals surface area contributed by atoms with E-state index in [1.807, 2.05) is 20.8 Å². The summed E-state index contributed by atoms with van der Waals surface area (Å²) in [6.45, 7) is 22.1. The molecule has 3 N–H and O–H groups in total. The molecule has 0 radical (unpaired) electrons. The van der Waals surface area contributed by atoms with Gasteiger partial charge in [-0.1, -0.05) is 52.0 Å². The van der Waals surface area contributed by atoms with E-state index < -0.39 is 95.6 Å². The molecular formula is C59H89N3O13. The lowest BCUT2D eigenvalue weighted by Gasteiger charge is -2.49. The SMILES string of the molecule is CCC1OC(=O)[C@H](C)[C@@H](O[C@H]2C[C@@](C)(OC)[C@@H](O)[C@H](C)O2)[C@H](C)[C@@H](O[C@H]2C[C@@H](N(C)CCCOc3cnc4ccc([C@H](C)N5CCc6ccccc65)cc4c3)C[C@@H](C)O2)[C@](C)(OC)C[C@@H](C)C(=O)[C@H](C)[C@@H](O)[C@]1(C)O. The van der Waals surface area contributed by atoms with Crippen LogP contribution in [0.4, 0.5) is 5.69 Å². The molecule has 16 nitrogen and oxygen atoms in total. The van der Waals surface area contributed by atoms with E-state index in [2.05, 4.69) is 72.3 Å². The van der Waals surface area contributed by atoms with Crippen LogP contribution < -0.4 is 9.64 Å². The summed E-state index contributed by atoms with van der Waals surface area (Å²) in [4.78, 5) is 38.3. The third-order valence-corrected chi connectivity index (χ3v) is 17.6. The van der Waals surface area contributed by atoms with E-state index in [1.165, 1.54) is 30.8 Å². The summed E-state index contributed by atoms with van der Waals surface area (Å²) in [6.07, 6.45) is -2.61. The lowest BCUT2D eigenvalue weighted by atomic mass is 9.74. The molecule has 2 aromatic carbocycles. The van der Waals surface area contributed by atoms with Gasteiger partial charge in [0.25, 0.3) is 0 Å². The van der Waals surface area contributed by atoms with Crippen molar-refractivity contribution in [2.24, 2.45) is 23.7 Å². The highest BCUT2D eigenvalue weighted by molar-refractivity contribution is 5.84. The smallest absolute Gasteiger partial charge is 0.311 e. The third-order valence-electron chi connectivity index (χ3n) is 17.6. The number of ether oxygens (including phenoxy) is 8. The minimum Gasteiger partial charge on any atom is -0.492 e. The molecule has 0 amide bonds. The van der Waals surface area contributed by atoms with Gasteiger partial charge < -0.3 is 63.0 Å². The zero-order valence-corrected chi connectivity index (χ0v) is 47.2. The number of Topliss-reactive ketones (excluding diaryl/α,β-unsaturated/α-hetero) is 1. The van der Waals surface area contributed by atoms with Crippen molar-refractivity contribution >= 4 is 28.3 Å². The van der Waals surface area contributed by atoms with Gasteiger partial charge in [0, 0.05) is 75.0 Å². The van der Waals surface area contributed by atoms with Crippen LogP contribution in [0.15, 0.2) is 54.7 Å². The van der Waals surface area contributed by atoms with Crippen molar-refractivity contribution in [3.05, 3.63) is 65.9 Å². The molecule has 0 saturated carbocycles. The fourth-order valence-electron chi connectivity index (χ4n) is 12.6. The van der Waals surface area contributed by atoms with Gasteiger partial charge in [0.15, 0.2) is 12.6 Å². The van der Waals surface area contributed by atoms with Crippen LogP contribution >= 0.6 is 0 Å². The number of fused-ring (bicyclic) bond motifs is 2. The molecule has 7 rings (SSSR count). The number of nitrogens with zero attached hydrogens (tertiary/aromatic N) is 3. The summed E-state index contributed by atoms with van der Waals surface area (Å²) in [5.74, 6) is -3.55. The second kappa shape index (κ2) is 24.5. The quantitative estimate of drug-likeness (QED) is 0.0981. The fraction of sp³-hybridized carbons (Fsp3) is 0.712. The molecule has 1 unspecified atom stereocenters. The number of carbonyl (C=O) groups is 2. The summed E-state index contributed by atoms with van der Waals surface area (Å²) in [7, 11) is 5.22. The average Bonchev–Trinajstić information content (AvgIpc) is 3.83. The molecule has 0 aliphatic carbocycles. The highest BCUT2D eigenvalue weighted by Gasteiger charge is 2.53. The molecule has 3 aromatic rings. The number of para-hydroxylation sites is 1. The van der Waals surface area contributed by atoms with Gasteiger partial charge in [-0.25, -0.2) is 0 Å². The van der Waals surface area contributed by atoms with E-state index in [4.69, 9.17) is 42.9 Å². The topological polar surface area (TPSA) is 188 Å². The van der Waals surface area contributed by atoms with E-state index in [-0.39, 0.29) is 43.2 Å². The van der Waals surface area contributed by atoms with Gasteiger partial charge in [0.2, 0.25) is 0 Å². The van der Waals surface area contributed by atoms with Crippen LogP contribution in [-0.2, 0) is 49.2 Å². The standard InChI is InChI=1S/C59H89N3O13/c1-15-48-59(11,67)53(64)36(4)51(63)34(2)31-58(10,69-14)55(37(5)52(38(6)56(66)73-48)74-50-32-57(9,68-13)54(65)40(8)72-50)75-49-30-44(27-35(3)71-49)61(12)24-18-26-70-45-29-43-28-42(21-22-46(43)60-33-45)39(7)62-25-23-41-19-16-17-20-47(41)62/h16-17,19-22,28-29,33-40,44,48-50,52-55,64-65,67H,15,18,23-27,30-32H2,1-14H3/t34-,35-,36+,37+,38-,39+,40+,44+,48?,49+,50+,52+,53-,54+,55-,57-,58-,59-/m1/s1. The molecule has 18 atom stereocenters. The maximum absolute atomic E-state index is 14.5. The predicted molar refractivity (Wildman–Crippen MR) is 286 cm³/mol. The minimum absolute atomic E-state index is 0.0736. The molecule has 4 aliphatic rings. The molecule has 0 bridgehead atoms. The van der Waals surface area contributed by atoms with E-state index in [0.29, 0.717) is 13.0 Å². The highest BCUT2D eigenvalue weighted by Crippen LogP contribution is 2.42. The van der Waals surface area contributed by atoms with Gasteiger partial charge in [-0.15, -0.1) is 0 Å². The van der Waals surface area contributed by atoms with Crippen molar-refractivity contribution in [3.63, 3.8) is 0 Å². The van der Waals surface area contributed by atoms with Crippen LogP contribution in [0.5, 0.6) is 5.75 Å². The van der Waals surface area contributed by atoms with Gasteiger partial charge in [-0.05, 0) is 123 Å². The Morgan fingerprint density at radius 3 is 2.31 bits per heavy atom. The fourth-order valence-corrected chi connectivity index (χ4v) is 12.6. The van der Waals surface area contributed by atoms with Gasteiger partial charge in [-0.2, -0.15) is 0 Å². The number of anilines is 1. The number of ketones is 1. The molecule has 418 valence electrons. The second-order valence-electron chi connectivity index (χ2n) is 23.1. The second-order valence-corrected chi connectivity index (χ2v) is 23.1. The maximum Gasteiger partial charge on any atom is 0.311 e. The lowest BCUT2D eigenvalue weighted by Crippen LogP contribution is -2.60. The monoisotopic (exact) mass is 1050 g/mol. The lowest BCUT2D eigenvalue weighted by molar-refractivity contribution is -0.309. The first-order valence-corrected chi connectivity index (χ1v) is 27.6. The van der Waals surface area contributed by atoms with Gasteiger partial charge >= 0.3 is 5.97 Å². The first kappa shape index (κ1) is 58.9. The van der Waals surface area contributed by atoms with Crippen molar-refractivity contribution in [3.8, 4) is 5.75 Å². The van der Waals surface area contributed by atoms with Crippen molar-refractivity contribution in [1.29, 1.82) is 0 Å². The Hall–Kier alpha value is -3.81. The van der Waals surface area contributed by atoms with Crippen LogP contribution in [0.2, 0.25) is 0 Å². The molecule has 3 saturated heterocycles. The highest BCUT2D eigenvalue weighted by atomic mass is 16.7. The number of aliphatic hydroxyl groups excluding tert-OH is 2. The van der Waals surface area contributed by atoms with Gasteiger partial charge in [-0.3, -0.25) is 14.6 Å². The van der Waals surface area contributed by atoms with E-state index >= 15 is 0 Å². The summed E-state index contributed by atoms with van der Waals surface area (Å²) in [6, 6.07) is 17.5. The number of hydrogen-bond acceptors (Lipinski definition) is 16.